The Hall–Kier alpha value is -1.58. The van der Waals surface area contributed by atoms with Gasteiger partial charge in [-0.15, -0.1) is 0 Å². The second-order valence-electron chi connectivity index (χ2n) is 4.11. The van der Waals surface area contributed by atoms with Crippen molar-refractivity contribution in [3.8, 4) is 5.75 Å². The number of aromatic hydroxyl groups is 1. The van der Waals surface area contributed by atoms with Gasteiger partial charge in [-0.05, 0) is 31.9 Å². The number of carboxylic acid groups (broad SMARTS) is 1. The highest BCUT2D eigenvalue weighted by Crippen LogP contribution is 2.28. The molecule has 4 heteroatoms. The zero-order chi connectivity index (χ0) is 11.6. The second-order valence-corrected chi connectivity index (χ2v) is 4.11. The molecule has 0 saturated carbocycles. The van der Waals surface area contributed by atoms with Gasteiger partial charge in [0.25, 0.3) is 0 Å². The van der Waals surface area contributed by atoms with Crippen molar-refractivity contribution in [3.63, 3.8) is 0 Å². The van der Waals surface area contributed by atoms with Crippen LogP contribution in [-0.4, -0.2) is 16.2 Å². The summed E-state index contributed by atoms with van der Waals surface area (Å²) in [5.74, 6) is -2.17. The lowest BCUT2D eigenvalue weighted by Gasteiger charge is -2.19. The number of phenols is 1. The molecule has 0 saturated heterocycles. The molecule has 3 nitrogen and oxygen atoms in total. The highest BCUT2D eigenvalue weighted by Gasteiger charge is 2.28. The van der Waals surface area contributed by atoms with Crippen LogP contribution in [0.4, 0.5) is 4.39 Å². The average molecular weight is 212 g/mol. The maximum absolute atomic E-state index is 13.0. The fourth-order valence-electron chi connectivity index (χ4n) is 1.25. The molecule has 0 aliphatic rings. The first-order chi connectivity index (χ1) is 6.84. The summed E-state index contributed by atoms with van der Waals surface area (Å²) in [5, 5.41) is 18.3. The van der Waals surface area contributed by atoms with Crippen LogP contribution in [0.1, 0.15) is 19.4 Å². The zero-order valence-electron chi connectivity index (χ0n) is 8.62. The first-order valence-corrected chi connectivity index (χ1v) is 4.54. The van der Waals surface area contributed by atoms with E-state index >= 15 is 0 Å². The number of benzene rings is 1. The molecule has 0 atom stereocenters. The van der Waals surface area contributed by atoms with Gasteiger partial charge < -0.3 is 10.2 Å². The summed E-state index contributed by atoms with van der Waals surface area (Å²) in [6, 6.07) is 4.10. The summed E-state index contributed by atoms with van der Waals surface area (Å²) >= 11 is 0. The molecule has 0 unspecified atom stereocenters. The molecule has 0 spiro atoms. The second kappa shape index (κ2) is 3.88. The van der Waals surface area contributed by atoms with Gasteiger partial charge in [0.2, 0.25) is 0 Å². The number of carboxylic acids is 1. The lowest BCUT2D eigenvalue weighted by molar-refractivity contribution is -0.146. The van der Waals surface area contributed by atoms with E-state index in [0.29, 0.717) is 5.56 Å². The number of rotatable bonds is 3. The van der Waals surface area contributed by atoms with E-state index < -0.39 is 23.0 Å². The fraction of sp³-hybridized carbons (Fsp3) is 0.364. The Morgan fingerprint density at radius 3 is 2.60 bits per heavy atom. The van der Waals surface area contributed by atoms with Crippen molar-refractivity contribution < 1.29 is 19.4 Å². The van der Waals surface area contributed by atoms with Crippen molar-refractivity contribution in [2.45, 2.75) is 20.3 Å². The number of aliphatic carboxylic acids is 1. The average Bonchev–Trinajstić information content (AvgIpc) is 2.12. The normalized spacial score (nSPS) is 11.4. The minimum Gasteiger partial charge on any atom is -0.505 e. The van der Waals surface area contributed by atoms with E-state index in [1.54, 1.807) is 0 Å². The van der Waals surface area contributed by atoms with Gasteiger partial charge in [-0.2, -0.15) is 0 Å². The number of para-hydroxylation sites is 1. The molecule has 15 heavy (non-hydrogen) atoms. The predicted molar refractivity (Wildman–Crippen MR) is 53.2 cm³/mol. The lowest BCUT2D eigenvalue weighted by atomic mass is 9.85. The van der Waals surface area contributed by atoms with Gasteiger partial charge in [0.15, 0.2) is 11.6 Å². The van der Waals surface area contributed by atoms with Gasteiger partial charge >= 0.3 is 5.97 Å². The van der Waals surface area contributed by atoms with Crippen molar-refractivity contribution in [3.05, 3.63) is 29.6 Å². The van der Waals surface area contributed by atoms with Gasteiger partial charge in [0.05, 0.1) is 5.41 Å². The third-order valence-electron chi connectivity index (χ3n) is 2.28. The monoisotopic (exact) mass is 212 g/mol. The predicted octanol–water partition coefficient (Wildman–Crippen LogP) is 2.18. The fourth-order valence-corrected chi connectivity index (χ4v) is 1.25. The SMILES string of the molecule is CC(C)(Cc1cccc(F)c1O)C(=O)O. The van der Waals surface area contributed by atoms with Crippen LogP contribution < -0.4 is 0 Å². The van der Waals surface area contributed by atoms with Crippen molar-refractivity contribution in [1.29, 1.82) is 0 Å². The van der Waals surface area contributed by atoms with Crippen LogP contribution in [-0.2, 0) is 11.2 Å². The van der Waals surface area contributed by atoms with Crippen LogP contribution in [0.25, 0.3) is 0 Å². The highest BCUT2D eigenvalue weighted by molar-refractivity contribution is 5.74. The third-order valence-corrected chi connectivity index (χ3v) is 2.28. The van der Waals surface area contributed by atoms with E-state index in [-0.39, 0.29) is 6.42 Å². The van der Waals surface area contributed by atoms with E-state index in [1.165, 1.54) is 26.0 Å². The molecule has 0 aliphatic heterocycles. The number of carbonyl (C=O) groups is 1. The number of hydrogen-bond acceptors (Lipinski definition) is 2. The van der Waals surface area contributed by atoms with Gasteiger partial charge in [-0.1, -0.05) is 12.1 Å². The van der Waals surface area contributed by atoms with E-state index in [0.717, 1.165) is 6.07 Å². The molecule has 1 rings (SSSR count). The van der Waals surface area contributed by atoms with Gasteiger partial charge in [0, 0.05) is 0 Å². The Bertz CT molecular complexity index is 385. The van der Waals surface area contributed by atoms with Crippen LogP contribution in [0.3, 0.4) is 0 Å². The quantitative estimate of drug-likeness (QED) is 0.807. The topological polar surface area (TPSA) is 57.5 Å². The van der Waals surface area contributed by atoms with Crippen molar-refractivity contribution in [2.75, 3.05) is 0 Å². The summed E-state index contributed by atoms with van der Waals surface area (Å²) < 4.78 is 13.0. The number of halogens is 1. The molecular weight excluding hydrogens is 199 g/mol. The molecule has 0 amide bonds. The highest BCUT2D eigenvalue weighted by atomic mass is 19.1. The Kier molecular flexibility index (Phi) is 2.98. The lowest BCUT2D eigenvalue weighted by Crippen LogP contribution is -2.26. The van der Waals surface area contributed by atoms with E-state index in [2.05, 4.69) is 0 Å². The molecule has 82 valence electrons. The molecule has 0 aliphatic carbocycles. The summed E-state index contributed by atoms with van der Waals surface area (Å²) in [4.78, 5) is 10.8. The summed E-state index contributed by atoms with van der Waals surface area (Å²) in [6.45, 7) is 3.05. The van der Waals surface area contributed by atoms with Crippen LogP contribution in [0.5, 0.6) is 5.75 Å². The smallest absolute Gasteiger partial charge is 0.309 e. The van der Waals surface area contributed by atoms with E-state index in [4.69, 9.17) is 5.11 Å². The maximum Gasteiger partial charge on any atom is 0.309 e. The number of phenolic OH excluding ortho intramolecular Hbond substituents is 1. The van der Waals surface area contributed by atoms with Crippen molar-refractivity contribution in [1.82, 2.24) is 0 Å². The molecule has 0 radical (unpaired) electrons. The summed E-state index contributed by atoms with van der Waals surface area (Å²) in [5.41, 5.74) is -0.715. The summed E-state index contributed by atoms with van der Waals surface area (Å²) in [6.07, 6.45) is 0.0892. The first-order valence-electron chi connectivity index (χ1n) is 4.54. The Labute approximate surface area is 87.2 Å². The Morgan fingerprint density at radius 2 is 2.07 bits per heavy atom. The minimum atomic E-state index is -1.02. The van der Waals surface area contributed by atoms with Crippen LogP contribution in [0.2, 0.25) is 0 Å². The van der Waals surface area contributed by atoms with Crippen LogP contribution >= 0.6 is 0 Å². The van der Waals surface area contributed by atoms with Crippen LogP contribution in [0.15, 0.2) is 18.2 Å². The third kappa shape index (κ3) is 2.46. The van der Waals surface area contributed by atoms with Gasteiger partial charge in [-0.3, -0.25) is 4.79 Å². The van der Waals surface area contributed by atoms with E-state index in [1.807, 2.05) is 0 Å². The first kappa shape index (κ1) is 11.5. The molecule has 0 bridgehead atoms. The molecular formula is C11H13FO3. The van der Waals surface area contributed by atoms with Crippen molar-refractivity contribution in [2.24, 2.45) is 5.41 Å². The van der Waals surface area contributed by atoms with Gasteiger partial charge in [0.1, 0.15) is 0 Å². The maximum atomic E-state index is 13.0. The minimum absolute atomic E-state index is 0.0892. The van der Waals surface area contributed by atoms with E-state index in [9.17, 15) is 14.3 Å². The Balaban J connectivity index is 3.00. The molecule has 1 aromatic rings. The number of hydrogen-bond donors (Lipinski definition) is 2. The Morgan fingerprint density at radius 1 is 1.47 bits per heavy atom. The van der Waals surface area contributed by atoms with Gasteiger partial charge in [-0.25, -0.2) is 4.39 Å². The zero-order valence-corrected chi connectivity index (χ0v) is 8.62. The molecule has 1 aromatic carbocycles. The standard InChI is InChI=1S/C11H13FO3/c1-11(2,10(14)15)6-7-4-3-5-8(12)9(7)13/h3-5,13H,6H2,1-2H3,(H,14,15). The molecule has 0 heterocycles. The molecule has 2 N–H and O–H groups in total. The molecule has 0 fully saturated rings. The molecule has 0 aromatic heterocycles. The summed E-state index contributed by atoms with van der Waals surface area (Å²) in [7, 11) is 0. The van der Waals surface area contributed by atoms with Crippen LogP contribution in [0, 0.1) is 11.2 Å². The van der Waals surface area contributed by atoms with Crippen molar-refractivity contribution >= 4 is 5.97 Å². The largest absolute Gasteiger partial charge is 0.505 e.